The van der Waals surface area contributed by atoms with Gasteiger partial charge in [-0.1, -0.05) is 42.3 Å². The van der Waals surface area contributed by atoms with Gasteiger partial charge in [0.1, 0.15) is 0 Å². The maximum absolute atomic E-state index is 13.1. The Labute approximate surface area is 210 Å². The van der Waals surface area contributed by atoms with Crippen LogP contribution in [0.15, 0.2) is 53.8 Å². The average molecular weight is 474 g/mol. The molecule has 0 radical (unpaired) electrons. The van der Waals surface area contributed by atoms with Gasteiger partial charge in [-0.05, 0) is 69.8 Å². The molecule has 1 aromatic carbocycles. The van der Waals surface area contributed by atoms with Gasteiger partial charge in [0.05, 0.1) is 11.2 Å². The molecule has 1 unspecified atom stereocenters. The predicted molar refractivity (Wildman–Crippen MR) is 141 cm³/mol. The van der Waals surface area contributed by atoms with Crippen LogP contribution in [0.3, 0.4) is 0 Å². The van der Waals surface area contributed by atoms with Gasteiger partial charge in [0.2, 0.25) is 0 Å². The molecule has 1 spiro atoms. The molecule has 3 fully saturated rings. The van der Waals surface area contributed by atoms with Gasteiger partial charge in [0, 0.05) is 50.7 Å². The number of piperazine rings is 1. The van der Waals surface area contributed by atoms with E-state index in [2.05, 4.69) is 95.8 Å². The lowest BCUT2D eigenvalue weighted by molar-refractivity contribution is 0.0623. The number of carbonyl (C=O) groups excluding carboxylic acids is 1. The second-order valence-corrected chi connectivity index (χ2v) is 10.9. The predicted octanol–water partition coefficient (Wildman–Crippen LogP) is 3.15. The topological polar surface area (TPSA) is 50.9 Å². The van der Waals surface area contributed by atoms with Gasteiger partial charge in [-0.2, -0.15) is 0 Å². The zero-order valence-corrected chi connectivity index (χ0v) is 21.4. The number of hydrogen-bond donors (Lipinski definition) is 2. The van der Waals surface area contributed by atoms with Gasteiger partial charge in [0.15, 0.2) is 0 Å². The Bertz CT molecular complexity index is 1050. The molecule has 1 saturated carbocycles. The van der Waals surface area contributed by atoms with Crippen molar-refractivity contribution < 1.29 is 4.79 Å². The smallest absolute Gasteiger partial charge is 0.318 e. The van der Waals surface area contributed by atoms with Crippen molar-refractivity contribution in [2.45, 2.75) is 43.7 Å². The lowest BCUT2D eigenvalue weighted by atomic mass is 9.69. The fourth-order valence-electron chi connectivity index (χ4n) is 6.28. The molecule has 5 rings (SSSR count). The van der Waals surface area contributed by atoms with E-state index in [0.29, 0.717) is 6.54 Å². The van der Waals surface area contributed by atoms with Crippen molar-refractivity contribution in [1.29, 1.82) is 0 Å². The van der Waals surface area contributed by atoms with Crippen molar-refractivity contribution >= 4 is 6.03 Å². The largest absolute Gasteiger partial charge is 0.362 e. The molecule has 1 atom stereocenters. The van der Waals surface area contributed by atoms with Gasteiger partial charge in [-0.25, -0.2) is 4.79 Å². The van der Waals surface area contributed by atoms with Crippen molar-refractivity contribution in [2.75, 3.05) is 53.4 Å². The highest BCUT2D eigenvalue weighted by Gasteiger charge is 2.50. The first-order valence-electron chi connectivity index (χ1n) is 13.1. The summed E-state index contributed by atoms with van der Waals surface area (Å²) < 4.78 is 0. The second kappa shape index (κ2) is 9.72. The van der Waals surface area contributed by atoms with E-state index >= 15 is 0 Å². The molecule has 2 N–H and O–H groups in total. The van der Waals surface area contributed by atoms with Crippen LogP contribution < -0.4 is 10.6 Å². The van der Waals surface area contributed by atoms with Gasteiger partial charge in [-0.15, -0.1) is 0 Å². The first-order chi connectivity index (χ1) is 16.9. The van der Waals surface area contributed by atoms with E-state index < -0.39 is 0 Å². The highest BCUT2D eigenvalue weighted by atomic mass is 16.2. The van der Waals surface area contributed by atoms with Crippen LogP contribution in [0.2, 0.25) is 0 Å². The molecule has 0 bridgehead atoms. The number of amides is 2. The van der Waals surface area contributed by atoms with Gasteiger partial charge in [-0.3, -0.25) is 4.90 Å². The molecule has 2 amide bonds. The minimum Gasteiger partial charge on any atom is -0.362 e. The summed E-state index contributed by atoms with van der Waals surface area (Å²) >= 11 is 0. The summed E-state index contributed by atoms with van der Waals surface area (Å²) in [6, 6.07) is 10.9. The van der Waals surface area contributed by atoms with Crippen molar-refractivity contribution in [3.05, 3.63) is 59.3 Å². The molecule has 2 aliphatic carbocycles. The highest BCUT2D eigenvalue weighted by molar-refractivity contribution is 5.78. The summed E-state index contributed by atoms with van der Waals surface area (Å²) in [7, 11) is 4.38. The minimum atomic E-state index is -0.135. The maximum atomic E-state index is 13.1. The van der Waals surface area contributed by atoms with E-state index in [0.717, 1.165) is 64.1 Å². The van der Waals surface area contributed by atoms with E-state index in [1.807, 2.05) is 4.90 Å². The number of benzene rings is 1. The second-order valence-electron chi connectivity index (χ2n) is 10.9. The molecule has 6 nitrogen and oxygen atoms in total. The molecular formula is C29H39N5O. The fraction of sp³-hybridized carbons (Fsp3) is 0.552. The molecule has 1 aromatic rings. The molecule has 2 heterocycles. The summed E-state index contributed by atoms with van der Waals surface area (Å²) in [4.78, 5) is 19.9. The van der Waals surface area contributed by atoms with Crippen LogP contribution in [0.4, 0.5) is 4.79 Å². The lowest BCUT2D eigenvalue weighted by Gasteiger charge is -2.48. The Morgan fingerprint density at radius 3 is 2.49 bits per heavy atom. The van der Waals surface area contributed by atoms with Crippen molar-refractivity contribution in [2.24, 2.45) is 5.92 Å². The number of carbonyl (C=O) groups is 1. The number of urea groups is 1. The molecule has 0 aromatic heterocycles. The summed E-state index contributed by atoms with van der Waals surface area (Å²) in [6.07, 6.45) is 8.50. The number of rotatable bonds is 5. The van der Waals surface area contributed by atoms with Gasteiger partial charge < -0.3 is 20.4 Å². The Morgan fingerprint density at radius 1 is 1.09 bits per heavy atom. The monoisotopic (exact) mass is 473 g/mol. The fourth-order valence-corrected chi connectivity index (χ4v) is 6.28. The Kier molecular flexibility index (Phi) is 6.65. The summed E-state index contributed by atoms with van der Waals surface area (Å²) in [6.45, 7) is 7.47. The van der Waals surface area contributed by atoms with Crippen LogP contribution >= 0.6 is 0 Å². The lowest BCUT2D eigenvalue weighted by Crippen LogP contribution is -2.54. The van der Waals surface area contributed by atoms with Crippen LogP contribution in [0.5, 0.6) is 0 Å². The number of nitrogens with one attached hydrogen (secondary N) is 2. The van der Waals surface area contributed by atoms with E-state index in [-0.39, 0.29) is 23.0 Å². The third-order valence-corrected chi connectivity index (χ3v) is 8.40. The standard InChI is InChI=1S/C29H39N5O/c1-23-9-10-26(33-17-15-30-16-18-33)20-24(19-23)21-34-22-28(31-27(34)35)11-13-29(14-12-28,32(2)3)25-7-5-4-6-8-25/h4-8,19-20,23,30H,11-18,21-22H2,1-3H3,(H,31,35)/t23?,28-,29+. The average Bonchev–Trinajstić information content (AvgIpc) is 3.04. The Balaban J connectivity index is 1.29. The summed E-state index contributed by atoms with van der Waals surface area (Å²) in [5, 5.41) is 6.82. The maximum Gasteiger partial charge on any atom is 0.318 e. The Morgan fingerprint density at radius 2 is 1.80 bits per heavy atom. The van der Waals surface area contributed by atoms with Crippen LogP contribution in [-0.2, 0) is 5.54 Å². The quantitative estimate of drug-likeness (QED) is 0.645. The van der Waals surface area contributed by atoms with Gasteiger partial charge >= 0.3 is 6.03 Å². The SMILES string of the molecule is CC1C#CC(N2CCNCC2)=CC(CN2C[C@]3(CC[C@](c4ccccc4)(N(C)C)CC3)NC2=O)=C1. The molecular weight excluding hydrogens is 434 g/mol. The number of hydrogen-bond acceptors (Lipinski definition) is 4. The zero-order chi connectivity index (χ0) is 24.5. The van der Waals surface area contributed by atoms with E-state index in [1.54, 1.807) is 0 Å². The molecule has 2 saturated heterocycles. The molecule has 6 heteroatoms. The normalized spacial score (nSPS) is 31.0. The van der Waals surface area contributed by atoms with Crippen LogP contribution in [0.1, 0.15) is 38.2 Å². The molecule has 186 valence electrons. The van der Waals surface area contributed by atoms with E-state index in [9.17, 15) is 4.79 Å². The van der Waals surface area contributed by atoms with Crippen molar-refractivity contribution in [3.63, 3.8) is 0 Å². The Hall–Kier alpha value is -2.75. The third-order valence-electron chi connectivity index (χ3n) is 8.40. The first kappa shape index (κ1) is 24.0. The highest BCUT2D eigenvalue weighted by Crippen LogP contribution is 2.46. The van der Waals surface area contributed by atoms with Crippen LogP contribution in [-0.4, -0.2) is 79.6 Å². The molecule has 2 aliphatic heterocycles. The number of nitrogens with zero attached hydrogens (tertiary/aromatic N) is 3. The number of allylic oxidation sites excluding steroid dienone is 2. The summed E-state index contributed by atoms with van der Waals surface area (Å²) in [5.41, 5.74) is 3.54. The van der Waals surface area contributed by atoms with Crippen LogP contribution in [0, 0.1) is 17.8 Å². The summed E-state index contributed by atoms with van der Waals surface area (Å²) in [5.74, 6) is 6.95. The minimum absolute atomic E-state index is 0.0299. The molecule has 4 aliphatic rings. The third kappa shape index (κ3) is 4.85. The van der Waals surface area contributed by atoms with E-state index in [4.69, 9.17) is 0 Å². The zero-order valence-electron chi connectivity index (χ0n) is 21.4. The van der Waals surface area contributed by atoms with Gasteiger partial charge in [0.25, 0.3) is 0 Å². The van der Waals surface area contributed by atoms with Crippen LogP contribution in [0.25, 0.3) is 0 Å². The van der Waals surface area contributed by atoms with E-state index in [1.165, 1.54) is 11.1 Å². The molecule has 35 heavy (non-hydrogen) atoms. The first-order valence-corrected chi connectivity index (χ1v) is 13.1. The van der Waals surface area contributed by atoms with Crippen molar-refractivity contribution in [3.8, 4) is 11.8 Å². The van der Waals surface area contributed by atoms with Crippen molar-refractivity contribution in [1.82, 2.24) is 25.3 Å².